The smallest absolute Gasteiger partial charge is 0.418 e. The number of para-hydroxylation sites is 1. The molecule has 2 rings (SSSR count). The molecule has 0 bridgehead atoms. The summed E-state index contributed by atoms with van der Waals surface area (Å²) in [7, 11) is 0. The van der Waals surface area contributed by atoms with E-state index in [1.165, 1.54) is 18.2 Å². The van der Waals surface area contributed by atoms with Crippen molar-refractivity contribution in [1.82, 2.24) is 15.1 Å². The Kier molecular flexibility index (Phi) is 5.93. The second-order valence-electron chi connectivity index (χ2n) is 4.87. The summed E-state index contributed by atoms with van der Waals surface area (Å²) in [6.07, 6.45) is -3.12. The summed E-state index contributed by atoms with van der Waals surface area (Å²) < 4.78 is 40.0. The lowest BCUT2D eigenvalue weighted by Crippen LogP contribution is -2.25. The first-order valence-corrected chi connectivity index (χ1v) is 8.07. The van der Waals surface area contributed by atoms with E-state index < -0.39 is 23.4 Å². The summed E-state index contributed by atoms with van der Waals surface area (Å²) in [6.45, 7) is 0.249. The van der Waals surface area contributed by atoms with Crippen LogP contribution in [-0.2, 0) is 6.18 Å². The molecular formula is C15H13F3N4O2S. The van der Waals surface area contributed by atoms with Crippen molar-refractivity contribution >= 4 is 17.7 Å². The third kappa shape index (κ3) is 4.67. The molecule has 0 saturated carbocycles. The molecule has 0 aliphatic carbocycles. The summed E-state index contributed by atoms with van der Waals surface area (Å²) in [5.74, 6) is -0.709. The SMILES string of the molecule is N#CSCCCNC(=O)c1nn(-c2ccccc2C(F)(F)F)cc1O. The van der Waals surface area contributed by atoms with Crippen LogP contribution in [0.2, 0.25) is 0 Å². The predicted molar refractivity (Wildman–Crippen MR) is 85.3 cm³/mol. The number of aromatic hydroxyl groups is 1. The standard InChI is InChI=1S/C15H13F3N4O2S/c16-15(17,18)10-4-1-2-5-11(10)22-8-12(23)13(21-22)14(24)20-6-3-7-25-9-19/h1-2,4-5,8,23H,3,6-7H2,(H,20,24). The zero-order valence-corrected chi connectivity index (χ0v) is 13.6. The normalized spacial score (nSPS) is 11.1. The minimum absolute atomic E-state index is 0.249. The molecule has 6 nitrogen and oxygen atoms in total. The third-order valence-electron chi connectivity index (χ3n) is 3.14. The van der Waals surface area contributed by atoms with E-state index in [0.717, 1.165) is 28.7 Å². The highest BCUT2D eigenvalue weighted by molar-refractivity contribution is 8.03. The number of alkyl halides is 3. The number of hydrogen-bond acceptors (Lipinski definition) is 5. The molecule has 0 atom stereocenters. The van der Waals surface area contributed by atoms with Crippen molar-refractivity contribution in [2.24, 2.45) is 0 Å². The zero-order valence-electron chi connectivity index (χ0n) is 12.7. The van der Waals surface area contributed by atoms with Gasteiger partial charge in [-0.3, -0.25) is 4.79 Å². The maximum absolute atomic E-state index is 13.1. The second kappa shape index (κ2) is 7.94. The predicted octanol–water partition coefficient (Wildman–Crippen LogP) is 2.93. The van der Waals surface area contributed by atoms with Gasteiger partial charge in [0.15, 0.2) is 11.4 Å². The molecule has 132 valence electrons. The summed E-state index contributed by atoms with van der Waals surface area (Å²) in [4.78, 5) is 12.0. The number of thioether (sulfide) groups is 1. The molecular weight excluding hydrogens is 357 g/mol. The van der Waals surface area contributed by atoms with E-state index in [1.807, 2.05) is 5.40 Å². The van der Waals surface area contributed by atoms with E-state index in [4.69, 9.17) is 5.26 Å². The van der Waals surface area contributed by atoms with E-state index in [9.17, 15) is 23.1 Å². The highest BCUT2D eigenvalue weighted by Gasteiger charge is 2.34. The topological polar surface area (TPSA) is 90.9 Å². The summed E-state index contributed by atoms with van der Waals surface area (Å²) >= 11 is 1.04. The number of nitrogens with one attached hydrogen (secondary N) is 1. The van der Waals surface area contributed by atoms with Gasteiger partial charge in [-0.05, 0) is 30.3 Å². The van der Waals surface area contributed by atoms with Crippen LogP contribution in [0.3, 0.4) is 0 Å². The highest BCUT2D eigenvalue weighted by atomic mass is 32.2. The monoisotopic (exact) mass is 370 g/mol. The average Bonchev–Trinajstić information content (AvgIpc) is 2.95. The van der Waals surface area contributed by atoms with Gasteiger partial charge in [0, 0.05) is 12.3 Å². The van der Waals surface area contributed by atoms with Gasteiger partial charge in [0.2, 0.25) is 0 Å². The van der Waals surface area contributed by atoms with Crippen molar-refractivity contribution in [3.8, 4) is 16.8 Å². The molecule has 1 amide bonds. The van der Waals surface area contributed by atoms with Crippen LogP contribution >= 0.6 is 11.8 Å². The fourth-order valence-corrected chi connectivity index (χ4v) is 2.42. The van der Waals surface area contributed by atoms with Crippen molar-refractivity contribution in [3.63, 3.8) is 0 Å². The van der Waals surface area contributed by atoms with Crippen LogP contribution in [0.1, 0.15) is 22.5 Å². The van der Waals surface area contributed by atoms with Crippen LogP contribution < -0.4 is 5.32 Å². The van der Waals surface area contributed by atoms with Crippen molar-refractivity contribution in [2.75, 3.05) is 12.3 Å². The van der Waals surface area contributed by atoms with Crippen LogP contribution in [0.15, 0.2) is 30.5 Å². The minimum atomic E-state index is -4.60. The first-order chi connectivity index (χ1) is 11.8. The Labute approximate surface area is 145 Å². The molecule has 2 N–H and O–H groups in total. The Hall–Kier alpha value is -2.67. The molecule has 0 spiro atoms. The molecule has 10 heteroatoms. The lowest BCUT2D eigenvalue weighted by atomic mass is 10.2. The van der Waals surface area contributed by atoms with Crippen LogP contribution in [0, 0.1) is 10.7 Å². The fourth-order valence-electron chi connectivity index (χ4n) is 2.04. The lowest BCUT2D eigenvalue weighted by Gasteiger charge is -2.12. The Balaban J connectivity index is 2.18. The Bertz CT molecular complexity index is 799. The lowest BCUT2D eigenvalue weighted by molar-refractivity contribution is -0.137. The number of hydrogen-bond donors (Lipinski definition) is 2. The summed E-state index contributed by atoms with van der Waals surface area (Å²) in [6, 6.07) is 4.72. The number of benzene rings is 1. The number of nitriles is 1. The first kappa shape index (κ1) is 18.7. The van der Waals surface area contributed by atoms with Gasteiger partial charge in [0.25, 0.3) is 5.91 Å². The maximum atomic E-state index is 13.1. The van der Waals surface area contributed by atoms with Gasteiger partial charge in [-0.25, -0.2) is 4.68 Å². The van der Waals surface area contributed by atoms with Gasteiger partial charge in [-0.1, -0.05) is 12.1 Å². The van der Waals surface area contributed by atoms with Crippen LogP contribution in [0.4, 0.5) is 13.2 Å². The van der Waals surface area contributed by atoms with Crippen LogP contribution in [-0.4, -0.2) is 33.1 Å². The number of carbonyl (C=O) groups excluding carboxylic acids is 1. The molecule has 25 heavy (non-hydrogen) atoms. The quantitative estimate of drug-likeness (QED) is 0.603. The number of amides is 1. The van der Waals surface area contributed by atoms with E-state index >= 15 is 0 Å². The number of aromatic nitrogens is 2. The Morgan fingerprint density at radius 2 is 2.12 bits per heavy atom. The molecule has 0 aliphatic rings. The molecule has 0 radical (unpaired) electrons. The van der Waals surface area contributed by atoms with Crippen molar-refractivity contribution in [1.29, 1.82) is 5.26 Å². The van der Waals surface area contributed by atoms with E-state index in [1.54, 1.807) is 0 Å². The summed E-state index contributed by atoms with van der Waals surface area (Å²) in [5, 5.41) is 26.4. The van der Waals surface area contributed by atoms with Gasteiger partial charge in [0.1, 0.15) is 5.40 Å². The number of thiocyanates is 1. The minimum Gasteiger partial charge on any atom is -0.504 e. The molecule has 0 aliphatic heterocycles. The van der Waals surface area contributed by atoms with Crippen LogP contribution in [0.5, 0.6) is 5.75 Å². The molecule has 0 unspecified atom stereocenters. The molecule has 2 aromatic rings. The van der Waals surface area contributed by atoms with E-state index in [-0.39, 0.29) is 17.9 Å². The van der Waals surface area contributed by atoms with Crippen molar-refractivity contribution in [3.05, 3.63) is 41.7 Å². The molecule has 1 aromatic heterocycles. The summed E-state index contributed by atoms with van der Waals surface area (Å²) in [5.41, 5.74) is -1.60. The fraction of sp³-hybridized carbons (Fsp3) is 0.267. The highest BCUT2D eigenvalue weighted by Crippen LogP contribution is 2.34. The van der Waals surface area contributed by atoms with Gasteiger partial charge >= 0.3 is 6.18 Å². The second-order valence-corrected chi connectivity index (χ2v) is 5.75. The van der Waals surface area contributed by atoms with E-state index in [0.29, 0.717) is 12.2 Å². The van der Waals surface area contributed by atoms with Gasteiger partial charge in [0.05, 0.1) is 17.4 Å². The van der Waals surface area contributed by atoms with E-state index in [2.05, 4.69) is 10.4 Å². The zero-order chi connectivity index (χ0) is 18.4. The van der Waals surface area contributed by atoms with Gasteiger partial charge < -0.3 is 10.4 Å². The maximum Gasteiger partial charge on any atom is 0.418 e. The number of carbonyl (C=O) groups is 1. The van der Waals surface area contributed by atoms with Crippen LogP contribution in [0.25, 0.3) is 5.69 Å². The molecule has 1 aromatic carbocycles. The molecule has 0 fully saturated rings. The number of rotatable bonds is 6. The van der Waals surface area contributed by atoms with Gasteiger partial charge in [-0.2, -0.15) is 23.5 Å². The number of halogens is 3. The number of nitrogens with zero attached hydrogens (tertiary/aromatic N) is 3. The first-order valence-electron chi connectivity index (χ1n) is 7.09. The van der Waals surface area contributed by atoms with Gasteiger partial charge in [-0.15, -0.1) is 0 Å². The average molecular weight is 370 g/mol. The van der Waals surface area contributed by atoms with Crippen molar-refractivity contribution in [2.45, 2.75) is 12.6 Å². The van der Waals surface area contributed by atoms with Crippen molar-refractivity contribution < 1.29 is 23.1 Å². The Morgan fingerprint density at radius 1 is 1.40 bits per heavy atom. The molecule has 0 saturated heterocycles. The third-order valence-corrected chi connectivity index (χ3v) is 3.76. The Morgan fingerprint density at radius 3 is 2.80 bits per heavy atom. The largest absolute Gasteiger partial charge is 0.504 e. The molecule has 1 heterocycles.